The van der Waals surface area contributed by atoms with E-state index in [1.165, 1.54) is 62.3 Å². The van der Waals surface area contributed by atoms with Crippen molar-refractivity contribution >= 4 is 21.6 Å². The molecule has 1 aromatic carbocycles. The molecule has 1 heterocycles. The van der Waals surface area contributed by atoms with Gasteiger partial charge in [-0.25, -0.2) is 12.7 Å². The van der Waals surface area contributed by atoms with Gasteiger partial charge < -0.3 is 14.6 Å². The van der Waals surface area contributed by atoms with Crippen molar-refractivity contribution in [2.24, 2.45) is 7.05 Å². The number of carbonyl (C=O) groups is 1. The second kappa shape index (κ2) is 7.08. The summed E-state index contributed by atoms with van der Waals surface area (Å²) in [5.41, 5.74) is 0.126. The average Bonchev–Trinajstić information content (AvgIpc) is 2.57. The number of amides is 1. The molecule has 0 aliphatic heterocycles. The van der Waals surface area contributed by atoms with E-state index in [2.05, 4.69) is 5.32 Å². The number of rotatable bonds is 5. The summed E-state index contributed by atoms with van der Waals surface area (Å²) in [6.07, 6.45) is 1.48. The summed E-state index contributed by atoms with van der Waals surface area (Å²) in [6, 6.07) is 6.99. The SMILES string of the molecule is COc1ccc(NC(=O)c2ccn(C)c(=O)c2)cc1S(=O)(=O)N(C)C. The standard InChI is InChI=1S/C16H19N3O5S/c1-18(2)25(22,23)14-10-12(5-6-13(14)24-4)17-16(21)11-7-8-19(3)15(20)9-11/h5-10H,1-4H3,(H,17,21). The first kappa shape index (κ1) is 18.7. The summed E-state index contributed by atoms with van der Waals surface area (Å²) < 4.78 is 32.3. The summed E-state index contributed by atoms with van der Waals surface area (Å²) >= 11 is 0. The van der Waals surface area contributed by atoms with Crippen molar-refractivity contribution in [2.45, 2.75) is 4.90 Å². The third-order valence-electron chi connectivity index (χ3n) is 3.55. The fraction of sp³-hybridized carbons (Fsp3) is 0.250. The predicted octanol–water partition coefficient (Wildman–Crippen LogP) is 0.896. The molecule has 2 aromatic rings. The summed E-state index contributed by atoms with van der Waals surface area (Å²) in [6.45, 7) is 0. The van der Waals surface area contributed by atoms with Crippen LogP contribution in [0.4, 0.5) is 5.69 Å². The molecule has 0 fully saturated rings. The van der Waals surface area contributed by atoms with Crippen LogP contribution in [0.3, 0.4) is 0 Å². The van der Waals surface area contributed by atoms with Crippen LogP contribution in [0.5, 0.6) is 5.75 Å². The third kappa shape index (κ3) is 3.89. The van der Waals surface area contributed by atoms with Crippen molar-refractivity contribution in [3.8, 4) is 5.75 Å². The van der Waals surface area contributed by atoms with Crippen LogP contribution in [0, 0.1) is 0 Å². The average molecular weight is 365 g/mol. The second-order valence-electron chi connectivity index (χ2n) is 5.47. The van der Waals surface area contributed by atoms with Gasteiger partial charge in [0, 0.05) is 44.7 Å². The van der Waals surface area contributed by atoms with Crippen molar-refractivity contribution in [1.82, 2.24) is 8.87 Å². The topological polar surface area (TPSA) is 97.7 Å². The molecule has 0 aliphatic carbocycles. The number of aromatic nitrogens is 1. The molecule has 25 heavy (non-hydrogen) atoms. The van der Waals surface area contributed by atoms with E-state index in [0.717, 1.165) is 4.31 Å². The summed E-state index contributed by atoms with van der Waals surface area (Å²) in [5, 5.41) is 2.58. The third-order valence-corrected chi connectivity index (χ3v) is 5.38. The van der Waals surface area contributed by atoms with Crippen molar-refractivity contribution in [2.75, 3.05) is 26.5 Å². The van der Waals surface area contributed by atoms with Crippen LogP contribution in [0.1, 0.15) is 10.4 Å². The van der Waals surface area contributed by atoms with Gasteiger partial charge in [-0.2, -0.15) is 0 Å². The molecular weight excluding hydrogens is 346 g/mol. The lowest BCUT2D eigenvalue weighted by molar-refractivity contribution is 0.102. The van der Waals surface area contributed by atoms with Gasteiger partial charge in [-0.15, -0.1) is 0 Å². The van der Waals surface area contributed by atoms with Gasteiger partial charge in [-0.3, -0.25) is 9.59 Å². The van der Waals surface area contributed by atoms with E-state index >= 15 is 0 Å². The fourth-order valence-corrected chi connectivity index (χ4v) is 3.12. The highest BCUT2D eigenvalue weighted by Gasteiger charge is 2.23. The number of hydrogen-bond acceptors (Lipinski definition) is 5. The van der Waals surface area contributed by atoms with Gasteiger partial charge in [0.25, 0.3) is 11.5 Å². The smallest absolute Gasteiger partial charge is 0.255 e. The Morgan fingerprint density at radius 1 is 1.20 bits per heavy atom. The zero-order valence-corrected chi connectivity index (χ0v) is 15.1. The predicted molar refractivity (Wildman–Crippen MR) is 93.5 cm³/mol. The van der Waals surface area contributed by atoms with Gasteiger partial charge in [-0.05, 0) is 24.3 Å². The van der Waals surface area contributed by atoms with E-state index in [1.807, 2.05) is 0 Å². The normalized spacial score (nSPS) is 11.4. The van der Waals surface area contributed by atoms with Crippen LogP contribution < -0.4 is 15.6 Å². The molecule has 0 aliphatic rings. The molecule has 0 radical (unpaired) electrons. The van der Waals surface area contributed by atoms with Crippen LogP contribution in [-0.2, 0) is 17.1 Å². The Kier molecular flexibility index (Phi) is 5.29. The van der Waals surface area contributed by atoms with Gasteiger partial charge in [0.1, 0.15) is 10.6 Å². The Bertz CT molecular complexity index is 964. The second-order valence-corrected chi connectivity index (χ2v) is 7.59. The monoisotopic (exact) mass is 365 g/mol. The van der Waals surface area contributed by atoms with Gasteiger partial charge >= 0.3 is 0 Å². The van der Waals surface area contributed by atoms with Crippen LogP contribution in [-0.4, -0.2) is 44.4 Å². The summed E-state index contributed by atoms with van der Waals surface area (Å²) in [5.74, 6) is -0.351. The molecule has 8 nitrogen and oxygen atoms in total. The van der Waals surface area contributed by atoms with Crippen LogP contribution in [0.2, 0.25) is 0 Å². The highest BCUT2D eigenvalue weighted by molar-refractivity contribution is 7.89. The molecule has 0 saturated heterocycles. The highest BCUT2D eigenvalue weighted by atomic mass is 32.2. The molecular formula is C16H19N3O5S. The number of sulfonamides is 1. The minimum atomic E-state index is -3.75. The number of hydrogen-bond donors (Lipinski definition) is 1. The molecule has 0 atom stereocenters. The largest absolute Gasteiger partial charge is 0.495 e. The lowest BCUT2D eigenvalue weighted by Gasteiger charge is -2.16. The lowest BCUT2D eigenvalue weighted by atomic mass is 10.2. The highest BCUT2D eigenvalue weighted by Crippen LogP contribution is 2.29. The zero-order valence-electron chi connectivity index (χ0n) is 14.3. The van der Waals surface area contributed by atoms with E-state index in [4.69, 9.17) is 4.74 Å². The first-order valence-electron chi connectivity index (χ1n) is 7.25. The molecule has 2 rings (SSSR count). The Morgan fingerprint density at radius 2 is 1.88 bits per heavy atom. The van der Waals surface area contributed by atoms with E-state index in [9.17, 15) is 18.0 Å². The van der Waals surface area contributed by atoms with E-state index < -0.39 is 15.9 Å². The number of pyridine rings is 1. The number of carbonyl (C=O) groups excluding carboxylic acids is 1. The number of ether oxygens (including phenoxy) is 1. The maximum Gasteiger partial charge on any atom is 0.255 e. The van der Waals surface area contributed by atoms with Gasteiger partial charge in [0.15, 0.2) is 0 Å². The Morgan fingerprint density at radius 3 is 2.44 bits per heavy atom. The molecule has 1 N–H and O–H groups in total. The Balaban J connectivity index is 2.39. The molecule has 0 spiro atoms. The van der Waals surface area contributed by atoms with Crippen molar-refractivity contribution in [3.63, 3.8) is 0 Å². The van der Waals surface area contributed by atoms with Crippen molar-refractivity contribution < 1.29 is 17.9 Å². The minimum absolute atomic E-state index is 0.0678. The maximum absolute atomic E-state index is 12.4. The van der Waals surface area contributed by atoms with Crippen molar-refractivity contribution in [1.29, 1.82) is 0 Å². The first-order chi connectivity index (χ1) is 11.7. The minimum Gasteiger partial charge on any atom is -0.495 e. The van der Waals surface area contributed by atoms with Crippen LogP contribution in [0.25, 0.3) is 0 Å². The van der Waals surface area contributed by atoms with Gasteiger partial charge in [0.2, 0.25) is 10.0 Å². The maximum atomic E-state index is 12.4. The van der Waals surface area contributed by atoms with Gasteiger partial charge in [-0.1, -0.05) is 0 Å². The lowest BCUT2D eigenvalue weighted by Crippen LogP contribution is -2.23. The zero-order chi connectivity index (χ0) is 18.8. The van der Waals surface area contributed by atoms with E-state index in [1.54, 1.807) is 7.05 Å². The Hall–Kier alpha value is -2.65. The number of methoxy groups -OCH3 is 1. The van der Waals surface area contributed by atoms with Crippen LogP contribution in [0.15, 0.2) is 46.2 Å². The number of nitrogens with zero attached hydrogens (tertiary/aromatic N) is 2. The summed E-state index contributed by atoms with van der Waals surface area (Å²) in [7, 11) is 1.99. The molecule has 134 valence electrons. The quantitative estimate of drug-likeness (QED) is 0.849. The first-order valence-corrected chi connectivity index (χ1v) is 8.69. The number of aryl methyl sites for hydroxylation is 1. The van der Waals surface area contributed by atoms with Crippen LogP contribution >= 0.6 is 0 Å². The molecule has 0 bridgehead atoms. The molecule has 0 saturated carbocycles. The molecule has 0 unspecified atom stereocenters. The Labute approximate surface area is 145 Å². The molecule has 9 heteroatoms. The summed E-state index contributed by atoms with van der Waals surface area (Å²) in [4.78, 5) is 23.8. The number of anilines is 1. The van der Waals surface area contributed by atoms with E-state index in [0.29, 0.717) is 0 Å². The fourth-order valence-electron chi connectivity index (χ4n) is 2.05. The van der Waals surface area contributed by atoms with Crippen molar-refractivity contribution in [3.05, 3.63) is 52.4 Å². The number of benzene rings is 1. The molecule has 1 amide bonds. The number of nitrogens with one attached hydrogen (secondary N) is 1. The van der Waals surface area contributed by atoms with Gasteiger partial charge in [0.05, 0.1) is 7.11 Å². The molecule has 1 aromatic heterocycles. The van der Waals surface area contributed by atoms with E-state index in [-0.39, 0.29) is 27.5 Å².